The molecule has 1 heterocycles. The third kappa shape index (κ3) is 12.5. The van der Waals surface area contributed by atoms with Gasteiger partial charge in [0.25, 0.3) is 17.7 Å². The van der Waals surface area contributed by atoms with E-state index in [2.05, 4.69) is 15.3 Å². The zero-order chi connectivity index (χ0) is 58.0. The number of aliphatic hydroxyl groups excluding tert-OH is 1. The summed E-state index contributed by atoms with van der Waals surface area (Å²) in [6, 6.07) is 69.3. The highest BCUT2D eigenvalue weighted by atomic mass is 31.2. The average molecular weight is 1150 g/mol. The number of hydrogen-bond donors (Lipinski definition) is 4. The first-order valence-electron chi connectivity index (χ1n) is 27.2. The van der Waals surface area contributed by atoms with Gasteiger partial charge in [-0.3, -0.25) is 28.1 Å². The third-order valence-electron chi connectivity index (χ3n) is 13.7. The minimum Gasteiger partial charge on any atom is -0.394 e. The first-order chi connectivity index (χ1) is 39.6. The van der Waals surface area contributed by atoms with Gasteiger partial charge in [-0.15, -0.1) is 0 Å². The summed E-state index contributed by atoms with van der Waals surface area (Å²) in [5, 5.41) is 21.3. The average Bonchev–Trinajstić information content (AvgIpc) is 3.44. The molecule has 0 aliphatic carbocycles. The van der Waals surface area contributed by atoms with E-state index in [4.69, 9.17) is 5.11 Å². The van der Waals surface area contributed by atoms with Gasteiger partial charge < -0.3 is 35.1 Å². The molecule has 82 heavy (non-hydrogen) atoms. The lowest BCUT2D eigenvalue weighted by molar-refractivity contribution is 0.0977. The fourth-order valence-corrected chi connectivity index (χ4v) is 16.6. The third-order valence-corrected chi connectivity index (χ3v) is 21.6. The summed E-state index contributed by atoms with van der Waals surface area (Å²) in [5.74, 6) is -1.47. The summed E-state index contributed by atoms with van der Waals surface area (Å²) in [5.41, 5.74) is 2.31. The minimum atomic E-state index is -3.69. The van der Waals surface area contributed by atoms with Crippen molar-refractivity contribution in [2.24, 2.45) is 0 Å². The second-order valence-electron chi connectivity index (χ2n) is 19.7. The van der Waals surface area contributed by atoms with Crippen molar-refractivity contribution in [2.75, 3.05) is 49.6 Å². The SMILES string of the molecule is CC(C)O.CCN1C(=O)c2cc(NP(=O)(c3ccccc3)c3ccccc3)cc(c2)N(CC)C(=O)c2cc(NP(=O)(c3ccccc3)c3ccccc3)cc(c2)N(CC)C(=O)c2cc(NP(=O)(c3ccccc3)c3ccccc3)cc1c2. The highest BCUT2D eigenvalue weighted by Crippen LogP contribution is 2.48. The number of nitrogens with zero attached hydrogens (tertiary/aromatic N) is 3. The smallest absolute Gasteiger partial charge is 0.258 e. The van der Waals surface area contributed by atoms with Crippen LogP contribution in [0.2, 0.25) is 0 Å². The first kappa shape index (κ1) is 58.1. The highest BCUT2D eigenvalue weighted by molar-refractivity contribution is 7.80. The number of nitrogens with one attached hydrogen (secondary N) is 3. The molecule has 0 unspecified atom stereocenters. The van der Waals surface area contributed by atoms with Gasteiger partial charge in [0.05, 0.1) is 0 Å². The summed E-state index contributed by atoms with van der Waals surface area (Å²) in [6.45, 7) is 9.26. The van der Waals surface area contributed by atoms with Crippen LogP contribution in [-0.2, 0) is 13.7 Å². The lowest BCUT2D eigenvalue weighted by Crippen LogP contribution is -2.33. The standard InChI is InChI=1S/C63H57N6O6P3.C3H8O/c1-4-67-52-40-47(38-49(43-52)64-76(73,55-25-13-7-14-26-55)56-27-15-8-16-28-56)62(71)69(6-3)54-42-48(39-51(45-54)66-78(75,59-33-21-11-22-34-59)60-35-23-12-24-36-60)63(72)68(5-2)53-41-46(61(67)70)37-50(44-53)65-77(74,57-29-17-9-18-30-57)58-31-19-10-20-32-58;1-3(2)4/h7-45H,4-6H2,1-3H3,(H,64,73)(H,65,74)(H,66,75);3-4H,1-2H3. The predicted octanol–water partition coefficient (Wildman–Crippen LogP) is 12.4. The van der Waals surface area contributed by atoms with Gasteiger partial charge in [0.1, 0.15) is 0 Å². The van der Waals surface area contributed by atoms with E-state index in [1.165, 1.54) is 14.7 Å². The van der Waals surface area contributed by atoms with Crippen LogP contribution < -0.4 is 61.8 Å². The Morgan fingerprint density at radius 3 is 0.695 bits per heavy atom. The van der Waals surface area contributed by atoms with Crippen LogP contribution in [0.1, 0.15) is 65.7 Å². The molecule has 10 rings (SSSR count). The van der Waals surface area contributed by atoms with Crippen molar-refractivity contribution in [3.05, 3.63) is 253 Å². The quantitative estimate of drug-likeness (QED) is 0.0725. The molecule has 0 aromatic heterocycles. The van der Waals surface area contributed by atoms with Crippen LogP contribution >= 0.6 is 21.9 Å². The molecule has 9 aromatic rings. The van der Waals surface area contributed by atoms with E-state index in [0.717, 1.165) is 0 Å². The van der Waals surface area contributed by atoms with E-state index < -0.39 is 39.6 Å². The topological polar surface area (TPSA) is 168 Å². The van der Waals surface area contributed by atoms with E-state index in [0.29, 0.717) is 66.0 Å². The maximum Gasteiger partial charge on any atom is 0.258 e. The summed E-state index contributed by atoms with van der Waals surface area (Å²) >= 11 is 0. The lowest BCUT2D eigenvalue weighted by Gasteiger charge is -2.28. The van der Waals surface area contributed by atoms with E-state index in [9.17, 15) is 0 Å². The van der Waals surface area contributed by atoms with Gasteiger partial charge >= 0.3 is 0 Å². The molecule has 0 saturated heterocycles. The number of anilines is 6. The molecule has 0 fully saturated rings. The van der Waals surface area contributed by atoms with Gasteiger partial charge in [-0.25, -0.2) is 0 Å². The van der Waals surface area contributed by atoms with Crippen molar-refractivity contribution in [3.8, 4) is 0 Å². The molecule has 6 bridgehead atoms. The van der Waals surface area contributed by atoms with Crippen molar-refractivity contribution in [2.45, 2.75) is 40.7 Å². The molecule has 3 amide bonds. The second-order valence-corrected chi connectivity index (χ2v) is 27.1. The Morgan fingerprint density at radius 1 is 0.341 bits per heavy atom. The summed E-state index contributed by atoms with van der Waals surface area (Å²) in [6.07, 6.45) is -0.167. The lowest BCUT2D eigenvalue weighted by atomic mass is 10.1. The summed E-state index contributed by atoms with van der Waals surface area (Å²) in [7, 11) is -11.1. The Hall–Kier alpha value is -8.56. The van der Waals surface area contributed by atoms with Crippen molar-refractivity contribution in [1.82, 2.24) is 0 Å². The van der Waals surface area contributed by atoms with Gasteiger partial charge in [0.15, 0.2) is 0 Å². The maximum atomic E-state index is 15.7. The molecule has 4 N–H and O–H groups in total. The number of carbonyl (C=O) groups is 3. The van der Waals surface area contributed by atoms with E-state index in [1.807, 2.05) is 130 Å². The molecule has 1 aliphatic rings. The Bertz CT molecular complexity index is 3330. The van der Waals surface area contributed by atoms with Crippen molar-refractivity contribution < 1.29 is 33.2 Å². The number of fused-ring (bicyclic) bond motifs is 6. The zero-order valence-electron chi connectivity index (χ0n) is 46.3. The van der Waals surface area contributed by atoms with Gasteiger partial charge in [0, 0.05) is 108 Å². The molecule has 0 radical (unpaired) electrons. The highest BCUT2D eigenvalue weighted by Gasteiger charge is 2.34. The number of carbonyl (C=O) groups excluding carboxylic acids is 3. The van der Waals surface area contributed by atoms with Crippen LogP contribution in [0, 0.1) is 0 Å². The molecule has 0 atom stereocenters. The Kier molecular flexibility index (Phi) is 18.1. The second kappa shape index (κ2) is 25.5. The molecule has 16 heteroatoms. The maximum absolute atomic E-state index is 15.7. The number of benzene rings is 9. The molecule has 1 aliphatic heterocycles. The fraction of sp³-hybridized carbons (Fsp3) is 0.136. The molecule has 0 saturated carbocycles. The predicted molar refractivity (Wildman–Crippen MR) is 339 cm³/mol. The fourth-order valence-electron chi connectivity index (χ4n) is 9.87. The van der Waals surface area contributed by atoms with Crippen LogP contribution in [0.25, 0.3) is 0 Å². The van der Waals surface area contributed by atoms with E-state index in [-0.39, 0.29) is 42.4 Å². The van der Waals surface area contributed by atoms with Crippen LogP contribution in [0.15, 0.2) is 237 Å². The molecule has 416 valence electrons. The Morgan fingerprint density at radius 2 is 0.524 bits per heavy atom. The normalized spacial score (nSPS) is 12.9. The van der Waals surface area contributed by atoms with E-state index in [1.54, 1.807) is 141 Å². The van der Waals surface area contributed by atoms with Crippen molar-refractivity contribution in [3.63, 3.8) is 0 Å². The Balaban J connectivity index is 0.00000196. The van der Waals surface area contributed by atoms with Gasteiger partial charge in [-0.1, -0.05) is 109 Å². The van der Waals surface area contributed by atoms with Crippen LogP contribution in [-0.4, -0.2) is 48.6 Å². The minimum absolute atomic E-state index is 0.122. The molecule has 0 spiro atoms. The van der Waals surface area contributed by atoms with Gasteiger partial charge in [-0.2, -0.15) is 0 Å². The first-order valence-corrected chi connectivity index (χ1v) is 32.3. The van der Waals surface area contributed by atoms with Crippen molar-refractivity contribution >= 4 is 106 Å². The molecule has 13 nitrogen and oxygen atoms in total. The van der Waals surface area contributed by atoms with Crippen LogP contribution in [0.5, 0.6) is 0 Å². The largest absolute Gasteiger partial charge is 0.394 e. The zero-order valence-corrected chi connectivity index (χ0v) is 49.0. The molecular formula is C66H65N6O7P3. The number of aliphatic hydroxyl groups is 1. The van der Waals surface area contributed by atoms with E-state index >= 15 is 28.1 Å². The van der Waals surface area contributed by atoms with Gasteiger partial charge in [0.2, 0.25) is 21.9 Å². The van der Waals surface area contributed by atoms with Crippen molar-refractivity contribution in [1.29, 1.82) is 0 Å². The molecular weight excluding hydrogens is 1080 g/mol. The number of amides is 3. The number of rotatable bonds is 15. The summed E-state index contributed by atoms with van der Waals surface area (Å²) in [4.78, 5) is 51.2. The van der Waals surface area contributed by atoms with Crippen LogP contribution in [0.4, 0.5) is 34.1 Å². The number of hydrogen-bond acceptors (Lipinski definition) is 7. The van der Waals surface area contributed by atoms with Crippen LogP contribution in [0.3, 0.4) is 0 Å². The van der Waals surface area contributed by atoms with Gasteiger partial charge in [-0.05, 0) is 162 Å². The summed E-state index contributed by atoms with van der Waals surface area (Å²) < 4.78 is 47.1. The molecule has 9 aromatic carbocycles. The monoisotopic (exact) mass is 1150 g/mol. The Labute approximate surface area is 480 Å².